The van der Waals surface area contributed by atoms with Gasteiger partial charge in [0.15, 0.2) is 0 Å². The molecule has 0 aromatic heterocycles. The van der Waals surface area contributed by atoms with Crippen LogP contribution in [0.15, 0.2) is 0 Å². The second kappa shape index (κ2) is 4.37. The smallest absolute Gasteiger partial charge is 0.319 e. The Balaban J connectivity index is 2.70. The molecule has 1 aliphatic rings. The summed E-state index contributed by atoms with van der Waals surface area (Å²) < 4.78 is 5.75. The molecule has 5 nitrogen and oxygen atoms in total. The first kappa shape index (κ1) is 12.3. The van der Waals surface area contributed by atoms with E-state index in [1.807, 2.05) is 13.8 Å². The molecule has 15 heavy (non-hydrogen) atoms. The summed E-state index contributed by atoms with van der Waals surface area (Å²) in [7, 11) is 3.50. The van der Waals surface area contributed by atoms with Crippen LogP contribution in [0.5, 0.6) is 0 Å². The van der Waals surface area contributed by atoms with Crippen LogP contribution in [0, 0.1) is 0 Å². The third-order valence-corrected chi connectivity index (χ3v) is 2.40. The Kier molecular flexibility index (Phi) is 3.57. The lowest BCUT2D eigenvalue weighted by molar-refractivity contribution is -0.122. The first-order chi connectivity index (χ1) is 6.85. The number of amides is 2. The SMILES string of the molecule is CN(C)C(=O)N1CC(CN)OC(C)(C)C1. The topological polar surface area (TPSA) is 58.8 Å². The standard InChI is InChI=1S/C10H21N3O2/c1-10(2)7-13(9(14)12(3)4)6-8(5-11)15-10/h8H,5-7,11H2,1-4H3. The van der Waals surface area contributed by atoms with E-state index in [1.165, 1.54) is 0 Å². The Labute approximate surface area is 91.2 Å². The average molecular weight is 215 g/mol. The molecule has 0 aromatic carbocycles. The zero-order valence-electron chi connectivity index (χ0n) is 9.99. The summed E-state index contributed by atoms with van der Waals surface area (Å²) in [5.41, 5.74) is 5.27. The number of hydrogen-bond donors (Lipinski definition) is 1. The Hall–Kier alpha value is -0.810. The van der Waals surface area contributed by atoms with Crippen molar-refractivity contribution >= 4 is 6.03 Å². The number of nitrogens with two attached hydrogens (primary N) is 1. The van der Waals surface area contributed by atoms with Gasteiger partial charge in [0.25, 0.3) is 0 Å². The quantitative estimate of drug-likeness (QED) is 0.675. The van der Waals surface area contributed by atoms with Crippen molar-refractivity contribution in [3.8, 4) is 0 Å². The van der Waals surface area contributed by atoms with Crippen LogP contribution >= 0.6 is 0 Å². The lowest BCUT2D eigenvalue weighted by atomic mass is 10.1. The van der Waals surface area contributed by atoms with Gasteiger partial charge < -0.3 is 20.3 Å². The minimum Gasteiger partial charge on any atom is -0.367 e. The fourth-order valence-corrected chi connectivity index (χ4v) is 1.85. The molecule has 0 radical (unpaired) electrons. The third kappa shape index (κ3) is 3.07. The maximum absolute atomic E-state index is 11.8. The van der Waals surface area contributed by atoms with Gasteiger partial charge >= 0.3 is 6.03 Å². The summed E-state index contributed by atoms with van der Waals surface area (Å²) in [6.07, 6.45) is -0.0577. The molecule has 1 aliphatic heterocycles. The number of ether oxygens (including phenoxy) is 1. The molecule has 0 saturated carbocycles. The molecular formula is C10H21N3O2. The molecule has 1 atom stereocenters. The zero-order chi connectivity index (χ0) is 11.6. The number of rotatable bonds is 1. The van der Waals surface area contributed by atoms with Crippen LogP contribution in [0.3, 0.4) is 0 Å². The van der Waals surface area contributed by atoms with Crippen LogP contribution in [-0.2, 0) is 4.74 Å². The van der Waals surface area contributed by atoms with E-state index in [2.05, 4.69) is 0 Å². The van der Waals surface area contributed by atoms with Crippen molar-refractivity contribution in [3.63, 3.8) is 0 Å². The van der Waals surface area contributed by atoms with Gasteiger partial charge in [-0.1, -0.05) is 0 Å². The highest BCUT2D eigenvalue weighted by Crippen LogP contribution is 2.21. The van der Waals surface area contributed by atoms with Crippen LogP contribution in [0.2, 0.25) is 0 Å². The first-order valence-electron chi connectivity index (χ1n) is 5.20. The van der Waals surface area contributed by atoms with E-state index in [0.717, 1.165) is 0 Å². The van der Waals surface area contributed by atoms with Gasteiger partial charge in [-0.2, -0.15) is 0 Å². The predicted octanol–water partition coefficient (Wildman–Crippen LogP) is 0.106. The summed E-state index contributed by atoms with van der Waals surface area (Å²) in [5, 5.41) is 0. The van der Waals surface area contributed by atoms with Gasteiger partial charge in [0.05, 0.1) is 18.2 Å². The van der Waals surface area contributed by atoms with E-state index < -0.39 is 0 Å². The van der Waals surface area contributed by atoms with Crippen molar-refractivity contribution in [2.45, 2.75) is 25.6 Å². The molecule has 1 saturated heterocycles. The van der Waals surface area contributed by atoms with Crippen LogP contribution in [-0.4, -0.2) is 61.3 Å². The molecule has 0 aromatic rings. The molecule has 0 aliphatic carbocycles. The average Bonchev–Trinajstić information content (AvgIpc) is 2.13. The molecule has 2 N–H and O–H groups in total. The number of carbonyl (C=O) groups is 1. The maximum atomic E-state index is 11.8. The largest absolute Gasteiger partial charge is 0.367 e. The molecule has 1 heterocycles. The molecule has 1 unspecified atom stereocenters. The van der Waals surface area contributed by atoms with Gasteiger partial charge in [-0.3, -0.25) is 0 Å². The summed E-state index contributed by atoms with van der Waals surface area (Å²) >= 11 is 0. The fraction of sp³-hybridized carbons (Fsp3) is 0.900. The first-order valence-corrected chi connectivity index (χ1v) is 5.20. The molecule has 0 bridgehead atoms. The van der Waals surface area contributed by atoms with Crippen molar-refractivity contribution in [3.05, 3.63) is 0 Å². The predicted molar refractivity (Wildman–Crippen MR) is 58.7 cm³/mol. The summed E-state index contributed by atoms with van der Waals surface area (Å²) in [5.74, 6) is 0. The number of carbonyl (C=O) groups excluding carboxylic acids is 1. The van der Waals surface area contributed by atoms with Gasteiger partial charge in [0.2, 0.25) is 0 Å². The van der Waals surface area contributed by atoms with Crippen LogP contribution in [0.25, 0.3) is 0 Å². The lowest BCUT2D eigenvalue weighted by Gasteiger charge is -2.43. The molecular weight excluding hydrogens is 194 g/mol. The van der Waals surface area contributed by atoms with E-state index in [1.54, 1.807) is 23.9 Å². The second-order valence-corrected chi connectivity index (χ2v) is 4.79. The van der Waals surface area contributed by atoms with Crippen LogP contribution < -0.4 is 5.73 Å². The van der Waals surface area contributed by atoms with Gasteiger partial charge in [0.1, 0.15) is 0 Å². The molecule has 2 amide bonds. The highest BCUT2D eigenvalue weighted by atomic mass is 16.5. The van der Waals surface area contributed by atoms with Crippen molar-refractivity contribution < 1.29 is 9.53 Å². The highest BCUT2D eigenvalue weighted by Gasteiger charge is 2.35. The molecule has 1 rings (SSSR count). The number of hydrogen-bond acceptors (Lipinski definition) is 3. The Morgan fingerprint density at radius 1 is 1.60 bits per heavy atom. The molecule has 1 fully saturated rings. The molecule has 88 valence electrons. The van der Waals surface area contributed by atoms with E-state index in [4.69, 9.17) is 10.5 Å². The summed E-state index contributed by atoms with van der Waals surface area (Å²) in [6.45, 7) is 5.59. The van der Waals surface area contributed by atoms with Crippen molar-refractivity contribution in [2.24, 2.45) is 5.73 Å². The molecule has 0 spiro atoms. The van der Waals surface area contributed by atoms with E-state index in [9.17, 15) is 4.79 Å². The van der Waals surface area contributed by atoms with Crippen molar-refractivity contribution in [1.29, 1.82) is 0 Å². The Morgan fingerprint density at radius 2 is 2.20 bits per heavy atom. The van der Waals surface area contributed by atoms with Crippen molar-refractivity contribution in [2.75, 3.05) is 33.7 Å². The zero-order valence-corrected chi connectivity index (χ0v) is 9.99. The molecule has 5 heteroatoms. The van der Waals surface area contributed by atoms with Crippen molar-refractivity contribution in [1.82, 2.24) is 9.80 Å². The minimum absolute atomic E-state index is 0.0184. The van der Waals surface area contributed by atoms with E-state index in [0.29, 0.717) is 19.6 Å². The third-order valence-electron chi connectivity index (χ3n) is 2.40. The minimum atomic E-state index is -0.312. The van der Waals surface area contributed by atoms with Crippen LogP contribution in [0.1, 0.15) is 13.8 Å². The van der Waals surface area contributed by atoms with Gasteiger partial charge in [-0.15, -0.1) is 0 Å². The number of nitrogens with zero attached hydrogens (tertiary/aromatic N) is 2. The lowest BCUT2D eigenvalue weighted by Crippen LogP contribution is -2.58. The number of morpholine rings is 1. The van der Waals surface area contributed by atoms with Gasteiger partial charge in [0, 0.05) is 27.2 Å². The highest BCUT2D eigenvalue weighted by molar-refractivity contribution is 5.74. The Bertz CT molecular complexity index is 241. The van der Waals surface area contributed by atoms with E-state index in [-0.39, 0.29) is 17.7 Å². The second-order valence-electron chi connectivity index (χ2n) is 4.79. The van der Waals surface area contributed by atoms with Gasteiger partial charge in [-0.25, -0.2) is 4.79 Å². The monoisotopic (exact) mass is 215 g/mol. The fourth-order valence-electron chi connectivity index (χ4n) is 1.85. The normalized spacial score (nSPS) is 25.1. The summed E-state index contributed by atoms with van der Waals surface area (Å²) in [4.78, 5) is 15.2. The van der Waals surface area contributed by atoms with Gasteiger partial charge in [-0.05, 0) is 13.8 Å². The van der Waals surface area contributed by atoms with E-state index >= 15 is 0 Å². The summed E-state index contributed by atoms with van der Waals surface area (Å²) in [6, 6.07) is 0.0184. The maximum Gasteiger partial charge on any atom is 0.319 e. The Morgan fingerprint density at radius 3 is 2.67 bits per heavy atom. The van der Waals surface area contributed by atoms with Crippen LogP contribution in [0.4, 0.5) is 4.79 Å². The number of urea groups is 1.